The summed E-state index contributed by atoms with van der Waals surface area (Å²) in [5.74, 6) is 1.11. The second kappa shape index (κ2) is 19.6. The molecule has 1 amide bonds. The van der Waals surface area contributed by atoms with Crippen LogP contribution in [0.2, 0.25) is 0 Å². The van der Waals surface area contributed by atoms with Crippen molar-refractivity contribution in [3.63, 3.8) is 0 Å². The topological polar surface area (TPSA) is 251 Å². The molecule has 292 valence electrons. The van der Waals surface area contributed by atoms with Crippen LogP contribution in [0.15, 0.2) is 77.7 Å². The summed E-state index contributed by atoms with van der Waals surface area (Å²) in [5, 5.41) is 37.3. The highest BCUT2D eigenvalue weighted by Crippen LogP contribution is 2.42. The van der Waals surface area contributed by atoms with E-state index < -0.39 is 0 Å². The fourth-order valence-electron chi connectivity index (χ4n) is 4.96. The third-order valence-electron chi connectivity index (χ3n) is 7.66. The molecule has 0 saturated carbocycles. The second-order valence-electron chi connectivity index (χ2n) is 12.9. The molecule has 18 nitrogen and oxygen atoms in total. The average molecular weight is 775 g/mol. The van der Waals surface area contributed by atoms with Crippen molar-refractivity contribution in [2.24, 2.45) is 11.5 Å². The van der Waals surface area contributed by atoms with Gasteiger partial charge in [-0.25, -0.2) is 5.26 Å². The van der Waals surface area contributed by atoms with E-state index in [-0.39, 0.29) is 35.4 Å². The molecule has 5 rings (SSSR count). The van der Waals surface area contributed by atoms with Gasteiger partial charge in [0, 0.05) is 54.0 Å². The zero-order chi connectivity index (χ0) is 39.3. The Hall–Kier alpha value is -5.67. The Kier molecular flexibility index (Phi) is 14.4. The molecule has 0 aliphatic rings. The first kappa shape index (κ1) is 40.5. The lowest BCUT2D eigenvalue weighted by Crippen LogP contribution is -2.27. The lowest BCUT2D eigenvalue weighted by atomic mass is 10.1. The molecule has 5 aromatic rings. The van der Waals surface area contributed by atoms with Gasteiger partial charge in [0.1, 0.15) is 23.8 Å². The molecule has 0 fully saturated rings. The minimum absolute atomic E-state index is 0.112. The summed E-state index contributed by atoms with van der Waals surface area (Å²) in [7, 11) is 3.95. The Morgan fingerprint density at radius 1 is 0.855 bits per heavy atom. The second-order valence-corrected chi connectivity index (χ2v) is 13.6. The van der Waals surface area contributed by atoms with E-state index in [9.17, 15) is 9.90 Å². The van der Waals surface area contributed by atoms with E-state index >= 15 is 0 Å². The quantitative estimate of drug-likeness (QED) is 0.0215. The van der Waals surface area contributed by atoms with E-state index in [1.807, 2.05) is 57.1 Å². The first-order valence-electron chi connectivity index (χ1n) is 17.2. The minimum atomic E-state index is -0.385. The fraction of sp³-hybridized carbons (Fsp3) is 0.278. The summed E-state index contributed by atoms with van der Waals surface area (Å²) >= 11 is 0.667. The molecule has 55 heavy (non-hydrogen) atoms. The number of carbonyl (C=O) groups excluding carboxylic acids is 1. The van der Waals surface area contributed by atoms with Crippen LogP contribution in [0.1, 0.15) is 24.2 Å². The van der Waals surface area contributed by atoms with Gasteiger partial charge in [-0.1, -0.05) is 11.1 Å². The first-order valence-corrected chi connectivity index (χ1v) is 18.0. The van der Waals surface area contributed by atoms with E-state index in [1.165, 1.54) is 0 Å². The van der Waals surface area contributed by atoms with Crippen molar-refractivity contribution in [1.29, 1.82) is 0 Å². The summed E-state index contributed by atoms with van der Waals surface area (Å²) in [5.41, 5.74) is 20.2. The lowest BCUT2D eigenvalue weighted by Gasteiger charge is -2.17. The number of hydrazine groups is 1. The Bertz CT molecular complexity index is 2010. The van der Waals surface area contributed by atoms with Gasteiger partial charge in [-0.05, 0) is 100 Å². The number of carbonyl (C=O) groups is 1. The van der Waals surface area contributed by atoms with E-state index in [4.69, 9.17) is 25.8 Å². The van der Waals surface area contributed by atoms with Gasteiger partial charge in [-0.15, -0.1) is 4.33 Å². The average Bonchev–Trinajstić information content (AvgIpc) is 3.15. The van der Waals surface area contributed by atoms with Crippen molar-refractivity contribution >= 4 is 69.3 Å². The maximum atomic E-state index is 13.4. The van der Waals surface area contributed by atoms with E-state index in [0.29, 0.717) is 81.9 Å². The number of fused-ring (bicyclic) bond motifs is 1. The number of hydrogen-bond acceptors (Lipinski definition) is 18. The van der Waals surface area contributed by atoms with Crippen molar-refractivity contribution in [2.75, 3.05) is 72.5 Å². The van der Waals surface area contributed by atoms with Crippen LogP contribution < -0.4 is 48.3 Å². The number of likely N-dealkylation sites (N-methyl/N-ethyl adjacent to an activating group) is 1. The number of phenols is 1. The molecular formula is C36H46N12O6S. The van der Waals surface area contributed by atoms with Crippen LogP contribution in [-0.4, -0.2) is 88.5 Å². The largest absolute Gasteiger partial charge is 0.505 e. The van der Waals surface area contributed by atoms with Crippen LogP contribution in [0.4, 0.5) is 40.6 Å². The Balaban J connectivity index is 1.30. The monoisotopic (exact) mass is 774 g/mol. The maximum Gasteiger partial charge on any atom is 0.255 e. The van der Waals surface area contributed by atoms with E-state index in [0.717, 1.165) is 12.3 Å². The molecule has 0 aliphatic heterocycles. The number of ether oxygens (including phenoxy) is 1. The molecule has 19 heteroatoms. The van der Waals surface area contributed by atoms with Crippen molar-refractivity contribution in [3.8, 4) is 11.5 Å². The number of anilines is 7. The Labute approximate surface area is 322 Å². The molecular weight excluding hydrogens is 729 g/mol. The summed E-state index contributed by atoms with van der Waals surface area (Å²) in [6.07, 6.45) is 0. The summed E-state index contributed by atoms with van der Waals surface area (Å²) < 4.78 is 10.5. The number of nitrogens with two attached hydrogens (primary N) is 2. The normalized spacial score (nSPS) is 12.2. The summed E-state index contributed by atoms with van der Waals surface area (Å²) in [6.45, 7) is 5.96. The molecule has 0 spiro atoms. The number of nitrogens with one attached hydrogen (secondary N) is 6. The van der Waals surface area contributed by atoms with E-state index in [1.54, 1.807) is 48.5 Å². The molecule has 0 saturated heterocycles. The zero-order valence-corrected chi connectivity index (χ0v) is 31.6. The molecule has 12 N–H and O–H groups in total. The first-order chi connectivity index (χ1) is 26.5. The van der Waals surface area contributed by atoms with Gasteiger partial charge < -0.3 is 52.9 Å². The van der Waals surface area contributed by atoms with Crippen LogP contribution in [0.3, 0.4) is 0 Å². The number of hydrogen-bond donors (Lipinski definition) is 10. The highest BCUT2D eigenvalue weighted by molar-refractivity contribution is 7.94. The van der Waals surface area contributed by atoms with Crippen molar-refractivity contribution in [2.45, 2.75) is 30.8 Å². The lowest BCUT2D eigenvalue weighted by molar-refractivity contribution is -0.432. The summed E-state index contributed by atoms with van der Waals surface area (Å²) in [6, 6.07) is 20.6. The van der Waals surface area contributed by atoms with Crippen LogP contribution in [-0.2, 0) is 9.37 Å². The fourth-order valence-corrected chi connectivity index (χ4v) is 5.47. The Morgan fingerprint density at radius 3 is 2.18 bits per heavy atom. The molecule has 4 aromatic carbocycles. The van der Waals surface area contributed by atoms with Gasteiger partial charge in [0.05, 0.1) is 22.6 Å². The van der Waals surface area contributed by atoms with Gasteiger partial charge in [-0.3, -0.25) is 10.2 Å². The number of aromatic hydroxyl groups is 1. The van der Waals surface area contributed by atoms with Crippen molar-refractivity contribution in [1.82, 2.24) is 19.9 Å². The van der Waals surface area contributed by atoms with Crippen LogP contribution in [0.25, 0.3) is 10.8 Å². The molecule has 0 aliphatic carbocycles. The number of rotatable bonds is 20. The molecule has 1 aromatic heterocycles. The molecule has 1 heterocycles. The van der Waals surface area contributed by atoms with Crippen molar-refractivity contribution in [3.05, 3.63) is 78.4 Å². The third kappa shape index (κ3) is 12.2. The van der Waals surface area contributed by atoms with Gasteiger partial charge >= 0.3 is 0 Å². The summed E-state index contributed by atoms with van der Waals surface area (Å²) in [4.78, 5) is 29.1. The van der Waals surface area contributed by atoms with Gasteiger partial charge in [0.15, 0.2) is 0 Å². The highest BCUT2D eigenvalue weighted by atomic mass is 32.2. The van der Waals surface area contributed by atoms with E-state index in [2.05, 4.69) is 52.1 Å². The highest BCUT2D eigenvalue weighted by Gasteiger charge is 2.17. The number of benzene rings is 4. The molecule has 0 bridgehead atoms. The molecule has 2 unspecified atom stereocenters. The number of amides is 1. The number of aromatic nitrogens is 3. The van der Waals surface area contributed by atoms with Gasteiger partial charge in [0.2, 0.25) is 17.8 Å². The van der Waals surface area contributed by atoms with Gasteiger partial charge in [-0.2, -0.15) is 15.0 Å². The van der Waals surface area contributed by atoms with Gasteiger partial charge in [0.25, 0.3) is 5.91 Å². The SMILES string of the molecule is CC(N)CNc1nc(NCC(C)N)nc(Nc2cccc(C(=O)Nc3ccc4c(O)c(NNc5ccc(OCCN(C)C)cc5)c(SOOO)cc4c3)c2)n1. The maximum absolute atomic E-state index is 13.4. The zero-order valence-electron chi connectivity index (χ0n) is 30.8. The third-order valence-corrected chi connectivity index (χ3v) is 8.29. The van der Waals surface area contributed by atoms with Crippen molar-refractivity contribution < 1.29 is 29.3 Å². The smallest absolute Gasteiger partial charge is 0.255 e. The number of phenolic OH excluding ortho intramolecular Hbond substituents is 1. The minimum Gasteiger partial charge on any atom is -0.505 e. The molecule has 2 atom stereocenters. The standard InChI is InChI=1S/C36H46N12O6S/c1-21(37)19-39-34-43-35(40-20-22(2)38)45-36(44-34)42-26-7-5-6-23(16-26)33(50)41-27-10-13-29-24(17-27)18-30(55-54-53-51)31(32(29)49)47-46-25-8-11-28(12-9-25)52-15-14-48(3)4/h5-13,16-18,21-22,46-47,49,51H,14-15,19-20,37-38H2,1-4H3,(H,41,50)(H3,39,40,42,43,44,45). The van der Waals surface area contributed by atoms with Crippen LogP contribution >= 0.6 is 12.0 Å². The predicted molar refractivity (Wildman–Crippen MR) is 216 cm³/mol. The predicted octanol–water partition coefficient (Wildman–Crippen LogP) is 5.05. The molecule has 0 radical (unpaired) electrons. The number of nitrogens with zero attached hydrogens (tertiary/aromatic N) is 4. The van der Waals surface area contributed by atoms with Crippen LogP contribution in [0, 0.1) is 0 Å². The Morgan fingerprint density at radius 2 is 1.53 bits per heavy atom. The van der Waals surface area contributed by atoms with Crippen LogP contribution in [0.5, 0.6) is 11.5 Å².